The molecule has 0 aliphatic carbocycles. The summed E-state index contributed by atoms with van der Waals surface area (Å²) in [7, 11) is 0. The molecule has 1 aromatic rings. The Bertz CT molecular complexity index is 347. The van der Waals surface area contributed by atoms with E-state index in [4.69, 9.17) is 0 Å². The minimum atomic E-state index is 0.242. The molecule has 1 nitrogen and oxygen atoms in total. The largest absolute Gasteiger partial charge is 0.300 e. The fourth-order valence-electron chi connectivity index (χ4n) is 1.19. The molecule has 0 spiro atoms. The number of ketones is 1. The fourth-order valence-corrected chi connectivity index (χ4v) is 1.19. The van der Waals surface area contributed by atoms with E-state index in [0.29, 0.717) is 6.42 Å². The lowest BCUT2D eigenvalue weighted by Gasteiger charge is -1.89. The highest BCUT2D eigenvalue weighted by molar-refractivity contribution is 5.75. The maximum absolute atomic E-state index is 10.6. The summed E-state index contributed by atoms with van der Waals surface area (Å²) in [6.45, 7) is 1.62. The molecular formula is C14H16O. The van der Waals surface area contributed by atoms with Crippen LogP contribution in [0.1, 0.15) is 25.3 Å². The predicted octanol–water partition coefficient (Wildman–Crippen LogP) is 3.63. The Morgan fingerprint density at radius 1 is 1.20 bits per heavy atom. The van der Waals surface area contributed by atoms with Crippen LogP contribution >= 0.6 is 0 Å². The first-order valence-electron chi connectivity index (χ1n) is 5.17. The number of carbonyl (C=O) groups excluding carboxylic acids is 1. The molecule has 1 aromatic carbocycles. The molecule has 0 atom stereocenters. The first-order chi connectivity index (χ1) is 7.29. The van der Waals surface area contributed by atoms with E-state index in [1.807, 2.05) is 42.5 Å². The second-order valence-corrected chi connectivity index (χ2v) is 3.44. The van der Waals surface area contributed by atoms with Crippen LogP contribution in [0.3, 0.4) is 0 Å². The number of rotatable bonds is 5. The number of hydrogen-bond acceptors (Lipinski definition) is 1. The number of carbonyl (C=O) groups is 1. The number of Topliss-reactive ketones (excluding diaryl/α,β-unsaturated/α-hetero) is 1. The van der Waals surface area contributed by atoms with Crippen LogP contribution in [0, 0.1) is 0 Å². The third-order valence-electron chi connectivity index (χ3n) is 2.00. The summed E-state index contributed by atoms with van der Waals surface area (Å²) in [5.41, 5.74) is 1.19. The van der Waals surface area contributed by atoms with E-state index in [2.05, 4.69) is 12.1 Å². The van der Waals surface area contributed by atoms with Gasteiger partial charge in [-0.15, -0.1) is 0 Å². The highest BCUT2D eigenvalue weighted by atomic mass is 16.1. The third-order valence-corrected chi connectivity index (χ3v) is 2.00. The Labute approximate surface area is 91.1 Å². The van der Waals surface area contributed by atoms with Crippen molar-refractivity contribution in [2.45, 2.75) is 19.8 Å². The average molecular weight is 200 g/mol. The van der Waals surface area contributed by atoms with Crippen LogP contribution in [-0.4, -0.2) is 5.78 Å². The van der Waals surface area contributed by atoms with Gasteiger partial charge < -0.3 is 4.79 Å². The molecule has 15 heavy (non-hydrogen) atoms. The van der Waals surface area contributed by atoms with Gasteiger partial charge in [-0.05, 0) is 18.9 Å². The lowest BCUT2D eigenvalue weighted by molar-refractivity contribution is -0.116. The molecule has 0 radical (unpaired) electrons. The summed E-state index contributed by atoms with van der Waals surface area (Å²) in [4.78, 5) is 10.6. The molecule has 0 amide bonds. The van der Waals surface area contributed by atoms with Crippen LogP contribution in [0.25, 0.3) is 6.08 Å². The maximum atomic E-state index is 10.6. The topological polar surface area (TPSA) is 17.1 Å². The molecule has 0 aliphatic heterocycles. The zero-order valence-corrected chi connectivity index (χ0v) is 9.02. The van der Waals surface area contributed by atoms with E-state index in [-0.39, 0.29) is 5.78 Å². The summed E-state index contributed by atoms with van der Waals surface area (Å²) in [5.74, 6) is 0.242. The smallest absolute Gasteiger partial charge is 0.130 e. The van der Waals surface area contributed by atoms with E-state index >= 15 is 0 Å². The Morgan fingerprint density at radius 2 is 1.93 bits per heavy atom. The SMILES string of the molecule is CC(=O)CC/C=C/C=C\c1ccccc1. The minimum Gasteiger partial charge on any atom is -0.300 e. The van der Waals surface area contributed by atoms with Gasteiger partial charge >= 0.3 is 0 Å². The zero-order valence-electron chi connectivity index (χ0n) is 9.02. The van der Waals surface area contributed by atoms with Crippen molar-refractivity contribution >= 4 is 11.9 Å². The van der Waals surface area contributed by atoms with Crippen molar-refractivity contribution in [1.82, 2.24) is 0 Å². The highest BCUT2D eigenvalue weighted by Crippen LogP contribution is 2.01. The molecule has 0 N–H and O–H groups in total. The molecule has 0 fully saturated rings. The first kappa shape index (κ1) is 11.4. The van der Waals surface area contributed by atoms with Crippen LogP contribution in [-0.2, 0) is 4.79 Å². The van der Waals surface area contributed by atoms with Crippen LogP contribution in [0.15, 0.2) is 48.6 Å². The van der Waals surface area contributed by atoms with Crippen molar-refractivity contribution in [2.24, 2.45) is 0 Å². The Morgan fingerprint density at radius 3 is 2.60 bits per heavy atom. The van der Waals surface area contributed by atoms with Gasteiger partial charge in [0.2, 0.25) is 0 Å². The Kier molecular flexibility index (Phi) is 5.16. The summed E-state index contributed by atoms with van der Waals surface area (Å²) in [6, 6.07) is 10.1. The molecule has 1 rings (SSSR count). The van der Waals surface area contributed by atoms with Crippen molar-refractivity contribution in [3.63, 3.8) is 0 Å². The molecule has 0 saturated carbocycles. The molecule has 0 bridgehead atoms. The molecule has 0 aliphatic rings. The second-order valence-electron chi connectivity index (χ2n) is 3.44. The van der Waals surface area contributed by atoms with Crippen molar-refractivity contribution in [1.29, 1.82) is 0 Å². The number of allylic oxidation sites excluding steroid dienone is 3. The number of hydrogen-bond donors (Lipinski definition) is 0. The summed E-state index contributed by atoms with van der Waals surface area (Å²) in [5, 5.41) is 0. The Balaban J connectivity index is 2.31. The van der Waals surface area contributed by atoms with Gasteiger partial charge in [0.05, 0.1) is 0 Å². The maximum Gasteiger partial charge on any atom is 0.130 e. The van der Waals surface area contributed by atoms with Gasteiger partial charge in [-0.2, -0.15) is 0 Å². The van der Waals surface area contributed by atoms with Crippen molar-refractivity contribution in [3.8, 4) is 0 Å². The van der Waals surface area contributed by atoms with Crippen LogP contribution < -0.4 is 0 Å². The van der Waals surface area contributed by atoms with E-state index in [0.717, 1.165) is 6.42 Å². The fraction of sp³-hybridized carbons (Fsp3) is 0.214. The number of benzene rings is 1. The molecular weight excluding hydrogens is 184 g/mol. The van der Waals surface area contributed by atoms with Crippen LogP contribution in [0.5, 0.6) is 0 Å². The van der Waals surface area contributed by atoms with E-state index in [1.54, 1.807) is 6.92 Å². The molecule has 0 aromatic heterocycles. The summed E-state index contributed by atoms with van der Waals surface area (Å²) < 4.78 is 0. The van der Waals surface area contributed by atoms with Crippen molar-refractivity contribution in [2.75, 3.05) is 0 Å². The zero-order chi connectivity index (χ0) is 10.9. The summed E-state index contributed by atoms with van der Waals surface area (Å²) in [6.07, 6.45) is 9.50. The van der Waals surface area contributed by atoms with Crippen LogP contribution in [0.2, 0.25) is 0 Å². The van der Waals surface area contributed by atoms with Gasteiger partial charge in [-0.25, -0.2) is 0 Å². The standard InChI is InChI=1S/C14H16O/c1-13(15)9-5-2-3-6-10-14-11-7-4-8-12-14/h2-4,6-8,10-12H,5,9H2,1H3/b3-2+,10-6-. The van der Waals surface area contributed by atoms with E-state index in [9.17, 15) is 4.79 Å². The quantitative estimate of drug-likeness (QED) is 0.663. The molecule has 0 saturated heterocycles. The molecule has 0 heterocycles. The van der Waals surface area contributed by atoms with Gasteiger partial charge in [0, 0.05) is 6.42 Å². The van der Waals surface area contributed by atoms with Gasteiger partial charge in [0.1, 0.15) is 5.78 Å². The lowest BCUT2D eigenvalue weighted by Crippen LogP contribution is -1.85. The van der Waals surface area contributed by atoms with E-state index in [1.165, 1.54) is 5.56 Å². The van der Waals surface area contributed by atoms with Gasteiger partial charge in [0.25, 0.3) is 0 Å². The van der Waals surface area contributed by atoms with Crippen molar-refractivity contribution < 1.29 is 4.79 Å². The van der Waals surface area contributed by atoms with Crippen molar-refractivity contribution in [3.05, 3.63) is 54.1 Å². The highest BCUT2D eigenvalue weighted by Gasteiger charge is 1.87. The second kappa shape index (κ2) is 6.77. The van der Waals surface area contributed by atoms with Crippen LogP contribution in [0.4, 0.5) is 0 Å². The minimum absolute atomic E-state index is 0.242. The average Bonchev–Trinajstić information content (AvgIpc) is 2.24. The van der Waals surface area contributed by atoms with E-state index < -0.39 is 0 Å². The normalized spacial score (nSPS) is 11.3. The predicted molar refractivity (Wildman–Crippen MR) is 64.5 cm³/mol. The summed E-state index contributed by atoms with van der Waals surface area (Å²) >= 11 is 0. The molecule has 1 heteroatoms. The molecule has 0 unspecified atom stereocenters. The monoisotopic (exact) mass is 200 g/mol. The van der Waals surface area contributed by atoms with Gasteiger partial charge in [-0.1, -0.05) is 54.6 Å². The molecule has 78 valence electrons. The third kappa shape index (κ3) is 5.63. The van der Waals surface area contributed by atoms with Gasteiger partial charge in [-0.3, -0.25) is 0 Å². The lowest BCUT2D eigenvalue weighted by atomic mass is 10.2. The Hall–Kier alpha value is -1.63. The first-order valence-corrected chi connectivity index (χ1v) is 5.17. The van der Waals surface area contributed by atoms with Gasteiger partial charge in [0.15, 0.2) is 0 Å².